The number of nitrogens with zero attached hydrogens (tertiary/aromatic N) is 3. The molecule has 0 unspecified atom stereocenters. The van der Waals surface area contributed by atoms with Gasteiger partial charge >= 0.3 is 18.1 Å². The minimum atomic E-state index is -1.51. The molecule has 3 N–H and O–H groups in total. The molecular formula is C29H36FN5O7. The van der Waals surface area contributed by atoms with Gasteiger partial charge in [-0.3, -0.25) is 14.5 Å². The van der Waals surface area contributed by atoms with E-state index in [0.717, 1.165) is 6.42 Å². The van der Waals surface area contributed by atoms with Gasteiger partial charge in [0.15, 0.2) is 0 Å². The van der Waals surface area contributed by atoms with Gasteiger partial charge in [0.25, 0.3) is 0 Å². The number of carboxylic acids is 1. The third kappa shape index (κ3) is 5.51. The normalized spacial score (nSPS) is 28.0. The molecule has 1 aliphatic carbocycles. The molecule has 13 heteroatoms. The molecule has 5 rings (SSSR count). The van der Waals surface area contributed by atoms with Crippen LogP contribution in [-0.2, 0) is 32.2 Å². The lowest BCUT2D eigenvalue weighted by molar-refractivity contribution is -0.145. The number of nitrogens with one attached hydrogen (secondary N) is 2. The highest BCUT2D eigenvalue weighted by Gasteiger charge is 2.61. The molecule has 1 aromatic rings. The van der Waals surface area contributed by atoms with E-state index in [4.69, 9.17) is 4.74 Å². The molecule has 1 aromatic carbocycles. The molecule has 3 fully saturated rings. The van der Waals surface area contributed by atoms with Crippen LogP contribution < -0.4 is 10.6 Å². The average Bonchev–Trinajstić information content (AvgIpc) is 3.26. The number of aliphatic carboxylic acids is 1. The summed E-state index contributed by atoms with van der Waals surface area (Å²) in [7, 11) is 0. The molecule has 226 valence electrons. The zero-order valence-corrected chi connectivity index (χ0v) is 23.7. The van der Waals surface area contributed by atoms with Crippen LogP contribution in [0.5, 0.6) is 0 Å². The summed E-state index contributed by atoms with van der Waals surface area (Å²) in [5.41, 5.74) is -0.427. The lowest BCUT2D eigenvalue weighted by Crippen LogP contribution is -2.55. The second kappa shape index (κ2) is 11.3. The van der Waals surface area contributed by atoms with Gasteiger partial charge in [0.1, 0.15) is 29.5 Å². The van der Waals surface area contributed by atoms with E-state index in [-0.39, 0.29) is 45.1 Å². The van der Waals surface area contributed by atoms with E-state index >= 15 is 0 Å². The number of ether oxygens (including phenoxy) is 1. The maximum Gasteiger partial charge on any atom is 0.410 e. The fourth-order valence-electron chi connectivity index (χ4n) is 5.96. The second-order valence-corrected chi connectivity index (χ2v) is 11.9. The predicted octanol–water partition coefficient (Wildman–Crippen LogP) is 1.83. The lowest BCUT2D eigenvalue weighted by Gasteiger charge is -2.27. The van der Waals surface area contributed by atoms with Gasteiger partial charge in [0.2, 0.25) is 11.8 Å². The van der Waals surface area contributed by atoms with Crippen LogP contribution in [0.15, 0.2) is 30.9 Å². The maximum absolute atomic E-state index is 14.2. The summed E-state index contributed by atoms with van der Waals surface area (Å²) in [6.07, 6.45) is 0.737. The summed E-state index contributed by atoms with van der Waals surface area (Å²) in [5, 5.41) is 15.0. The molecule has 3 aliphatic heterocycles. The van der Waals surface area contributed by atoms with Gasteiger partial charge in [-0.2, -0.15) is 0 Å². The SMILES string of the molecule is C=C[C@@H]1C[C@]1(NC(=O)[C@@H]1C[C@@H](OC(=O)N2Cc3cccc(F)c3C2)CN1C(=O)[C@@H]1CN(CCC(C)C)C(=O)N1)C(=O)O. The number of urea groups is 1. The number of carboxylic acid groups (broad SMARTS) is 1. The monoisotopic (exact) mass is 585 g/mol. The zero-order valence-electron chi connectivity index (χ0n) is 23.7. The van der Waals surface area contributed by atoms with E-state index in [1.165, 1.54) is 21.9 Å². The van der Waals surface area contributed by atoms with E-state index < -0.39 is 59.3 Å². The van der Waals surface area contributed by atoms with Crippen molar-refractivity contribution >= 4 is 29.9 Å². The topological polar surface area (TPSA) is 149 Å². The van der Waals surface area contributed by atoms with Crippen LogP contribution >= 0.6 is 0 Å². The van der Waals surface area contributed by atoms with Crippen molar-refractivity contribution in [3.05, 3.63) is 47.8 Å². The molecule has 42 heavy (non-hydrogen) atoms. The van der Waals surface area contributed by atoms with Crippen LogP contribution in [0.3, 0.4) is 0 Å². The Morgan fingerprint density at radius 2 is 2.02 bits per heavy atom. The molecule has 4 aliphatic rings. The minimum absolute atomic E-state index is 0.0323. The third-order valence-electron chi connectivity index (χ3n) is 8.59. The Hall–Kier alpha value is -4.16. The van der Waals surface area contributed by atoms with Gasteiger partial charge in [-0.25, -0.2) is 18.8 Å². The Kier molecular flexibility index (Phi) is 7.86. The summed E-state index contributed by atoms with van der Waals surface area (Å²) in [4.78, 5) is 68.9. The van der Waals surface area contributed by atoms with Gasteiger partial charge < -0.3 is 30.3 Å². The molecule has 3 heterocycles. The van der Waals surface area contributed by atoms with Crippen molar-refractivity contribution in [3.8, 4) is 0 Å². The van der Waals surface area contributed by atoms with Crippen LogP contribution in [-0.4, -0.2) is 93.1 Å². The molecule has 0 spiro atoms. The molecule has 12 nitrogen and oxygen atoms in total. The van der Waals surface area contributed by atoms with Crippen molar-refractivity contribution < 1.29 is 38.2 Å². The number of benzene rings is 1. The molecule has 2 saturated heterocycles. The number of fused-ring (bicyclic) bond motifs is 1. The average molecular weight is 586 g/mol. The largest absolute Gasteiger partial charge is 0.479 e. The number of halogens is 1. The van der Waals surface area contributed by atoms with Gasteiger partial charge in [-0.1, -0.05) is 32.1 Å². The minimum Gasteiger partial charge on any atom is -0.479 e. The van der Waals surface area contributed by atoms with Crippen LogP contribution in [0.25, 0.3) is 0 Å². The standard InChI is InChI=1S/C29H36FN5O7/c1-4-18-11-29(18,26(38)39)32-24(36)23-10-19(42-28(41)34-12-17-6-5-7-21(30)20(17)14-34)13-35(23)25(37)22-15-33(27(40)31-22)9-8-16(2)3/h4-7,16,18-19,22-23H,1,8-15H2,2-3H3,(H,31,40)(H,32,36)(H,38,39)/t18-,19-,22+,23+,29-/m1/s1. The Labute approximate surface area is 242 Å². The van der Waals surface area contributed by atoms with Crippen molar-refractivity contribution in [1.29, 1.82) is 0 Å². The van der Waals surface area contributed by atoms with E-state index in [1.807, 2.05) is 13.8 Å². The highest BCUT2D eigenvalue weighted by molar-refractivity contribution is 5.97. The van der Waals surface area contributed by atoms with Gasteiger partial charge in [-0.05, 0) is 30.4 Å². The number of hydrogen-bond donors (Lipinski definition) is 3. The number of rotatable bonds is 9. The number of hydrogen-bond acceptors (Lipinski definition) is 6. The summed E-state index contributed by atoms with van der Waals surface area (Å²) in [6, 6.07) is 2.20. The fourth-order valence-corrected chi connectivity index (χ4v) is 5.96. The molecular weight excluding hydrogens is 549 g/mol. The molecule has 0 bridgehead atoms. The molecule has 0 aromatic heterocycles. The van der Waals surface area contributed by atoms with E-state index in [9.17, 15) is 33.5 Å². The molecule has 1 saturated carbocycles. The van der Waals surface area contributed by atoms with Crippen molar-refractivity contribution in [2.45, 2.75) is 69.9 Å². The Morgan fingerprint density at radius 3 is 2.67 bits per heavy atom. The first kappa shape index (κ1) is 29.3. The van der Waals surface area contributed by atoms with Crippen LogP contribution in [0.1, 0.15) is 44.2 Å². The Balaban J connectivity index is 1.30. The first-order chi connectivity index (χ1) is 19.9. The summed E-state index contributed by atoms with van der Waals surface area (Å²) >= 11 is 0. The molecule has 5 atom stereocenters. The van der Waals surface area contributed by atoms with Crippen molar-refractivity contribution in [3.63, 3.8) is 0 Å². The lowest BCUT2D eigenvalue weighted by atomic mass is 10.1. The van der Waals surface area contributed by atoms with Crippen molar-refractivity contribution in [2.75, 3.05) is 19.6 Å². The van der Waals surface area contributed by atoms with Gasteiger partial charge in [0, 0.05) is 31.0 Å². The van der Waals surface area contributed by atoms with Gasteiger partial charge in [-0.15, -0.1) is 6.58 Å². The fraction of sp³-hybridized carbons (Fsp3) is 0.552. The number of carbonyl (C=O) groups excluding carboxylic acids is 4. The summed E-state index contributed by atoms with van der Waals surface area (Å²) in [5.74, 6) is -2.93. The number of likely N-dealkylation sites (tertiary alicyclic amines) is 1. The third-order valence-corrected chi connectivity index (χ3v) is 8.59. The number of carbonyl (C=O) groups is 5. The first-order valence-electron chi connectivity index (χ1n) is 14.2. The van der Waals surface area contributed by atoms with Gasteiger partial charge in [0.05, 0.1) is 19.6 Å². The van der Waals surface area contributed by atoms with E-state index in [2.05, 4.69) is 17.2 Å². The van der Waals surface area contributed by atoms with Crippen molar-refractivity contribution in [1.82, 2.24) is 25.3 Å². The zero-order chi connectivity index (χ0) is 30.3. The first-order valence-corrected chi connectivity index (χ1v) is 14.2. The van der Waals surface area contributed by atoms with Crippen LogP contribution in [0.4, 0.5) is 14.0 Å². The highest BCUT2D eigenvalue weighted by Crippen LogP contribution is 2.45. The quantitative estimate of drug-likeness (QED) is 0.375. The predicted molar refractivity (Wildman–Crippen MR) is 146 cm³/mol. The van der Waals surface area contributed by atoms with Crippen LogP contribution in [0.2, 0.25) is 0 Å². The smallest absolute Gasteiger partial charge is 0.410 e. The summed E-state index contributed by atoms with van der Waals surface area (Å²) in [6.45, 7) is 8.36. The molecule has 5 amide bonds. The Morgan fingerprint density at radius 1 is 1.26 bits per heavy atom. The highest BCUT2D eigenvalue weighted by atomic mass is 19.1. The Bertz CT molecular complexity index is 1320. The number of amides is 5. The van der Waals surface area contributed by atoms with E-state index in [1.54, 1.807) is 17.0 Å². The molecule has 0 radical (unpaired) electrons. The summed E-state index contributed by atoms with van der Waals surface area (Å²) < 4.78 is 19.9. The van der Waals surface area contributed by atoms with E-state index in [0.29, 0.717) is 23.6 Å². The second-order valence-electron chi connectivity index (χ2n) is 11.9. The van der Waals surface area contributed by atoms with Crippen LogP contribution in [0, 0.1) is 17.7 Å². The van der Waals surface area contributed by atoms with Crippen molar-refractivity contribution in [2.24, 2.45) is 11.8 Å². The maximum atomic E-state index is 14.2.